The summed E-state index contributed by atoms with van der Waals surface area (Å²) in [5.41, 5.74) is 6.49. The molecule has 0 atom stereocenters. The highest BCUT2D eigenvalue weighted by Crippen LogP contribution is 2.37. The van der Waals surface area contributed by atoms with Gasteiger partial charge >= 0.3 is 5.97 Å². The molecule has 0 aliphatic carbocycles. The van der Waals surface area contributed by atoms with Gasteiger partial charge in [-0.15, -0.1) is 0 Å². The Morgan fingerprint density at radius 3 is 2.10 bits per heavy atom. The number of benzene rings is 2. The summed E-state index contributed by atoms with van der Waals surface area (Å²) in [4.78, 5) is 11.8. The second kappa shape index (κ2) is 8.86. The van der Waals surface area contributed by atoms with Crippen LogP contribution in [0.15, 0.2) is 30.8 Å². The van der Waals surface area contributed by atoms with E-state index in [2.05, 4.69) is 40.3 Å². The molecule has 156 valence electrons. The van der Waals surface area contributed by atoms with Crippen molar-refractivity contribution in [3.05, 3.63) is 69.8 Å². The van der Waals surface area contributed by atoms with Crippen molar-refractivity contribution in [3.8, 4) is 5.75 Å². The smallest absolute Gasteiger partial charge is 0.335 e. The van der Waals surface area contributed by atoms with Gasteiger partial charge < -0.3 is 10.2 Å². The number of hydrogen-bond donors (Lipinski definition) is 2. The Bertz CT molecular complexity index is 930. The van der Waals surface area contributed by atoms with Crippen LogP contribution in [0.2, 0.25) is 0 Å². The molecule has 0 saturated carbocycles. The van der Waals surface area contributed by atoms with Crippen molar-refractivity contribution in [2.24, 2.45) is 0 Å². The number of phenols is 1. The van der Waals surface area contributed by atoms with E-state index < -0.39 is 5.97 Å². The molecule has 0 amide bonds. The average Bonchev–Trinajstić information content (AvgIpc) is 2.60. The maximum absolute atomic E-state index is 11.8. The summed E-state index contributed by atoms with van der Waals surface area (Å²) in [6, 6.07) is 8.11. The van der Waals surface area contributed by atoms with Crippen molar-refractivity contribution in [3.63, 3.8) is 0 Å². The van der Waals surface area contributed by atoms with E-state index in [1.54, 1.807) is 0 Å². The van der Waals surface area contributed by atoms with Gasteiger partial charge in [0.2, 0.25) is 0 Å². The Balaban J connectivity index is 2.67. The Hall–Kier alpha value is -2.55. The monoisotopic (exact) mass is 394 g/mol. The van der Waals surface area contributed by atoms with Gasteiger partial charge in [-0.1, -0.05) is 76.1 Å². The molecule has 0 bridgehead atoms. The summed E-state index contributed by atoms with van der Waals surface area (Å²) in [6.45, 7) is 16.3. The van der Waals surface area contributed by atoms with E-state index in [4.69, 9.17) is 0 Å². The number of aromatic hydroxyl groups is 1. The topological polar surface area (TPSA) is 57.5 Å². The Labute approximate surface area is 175 Å². The highest BCUT2D eigenvalue weighted by atomic mass is 16.4. The van der Waals surface area contributed by atoms with Gasteiger partial charge in [0.1, 0.15) is 5.75 Å². The van der Waals surface area contributed by atoms with Gasteiger partial charge in [0, 0.05) is 6.42 Å². The molecule has 0 aliphatic rings. The number of phenolic OH excluding ortho intramolecular Hbond substituents is 1. The highest BCUT2D eigenvalue weighted by Gasteiger charge is 2.23. The number of carboxylic acid groups (broad SMARTS) is 1. The minimum Gasteiger partial charge on any atom is -0.507 e. The lowest BCUT2D eigenvalue weighted by molar-refractivity contribution is -0.130. The molecule has 0 saturated heterocycles. The van der Waals surface area contributed by atoms with E-state index in [9.17, 15) is 15.0 Å². The van der Waals surface area contributed by atoms with Crippen LogP contribution in [-0.2, 0) is 23.1 Å². The minimum atomic E-state index is -1.00. The van der Waals surface area contributed by atoms with Gasteiger partial charge in [0.25, 0.3) is 0 Å². The van der Waals surface area contributed by atoms with Gasteiger partial charge in [0.05, 0.1) is 5.57 Å². The summed E-state index contributed by atoms with van der Waals surface area (Å²) < 4.78 is 0. The molecular weight excluding hydrogens is 360 g/mol. The molecule has 0 heterocycles. The normalized spacial score (nSPS) is 11.5. The predicted molar refractivity (Wildman–Crippen MR) is 121 cm³/mol. The first-order valence-electron chi connectivity index (χ1n) is 10.3. The zero-order chi connectivity index (χ0) is 21.9. The standard InChI is InChI=1S/C26H34O3/c1-8-9-10-19-11-16(2)12-20(23(19)18(4)25(28)29)15-21-13-17(3)14-22(24(21)27)26(5,6)7/h11-14,27H,4,8-10,15H2,1-3,5-7H3,(H,28,29). The van der Waals surface area contributed by atoms with Crippen molar-refractivity contribution >= 4 is 11.5 Å². The van der Waals surface area contributed by atoms with Crippen LogP contribution >= 0.6 is 0 Å². The molecule has 2 aromatic rings. The maximum Gasteiger partial charge on any atom is 0.335 e. The number of unbranched alkanes of at least 4 members (excludes halogenated alkanes) is 1. The SMILES string of the molecule is C=C(C(=O)O)c1c(CCCC)cc(C)cc1Cc1cc(C)cc(C(C)(C)C)c1O. The van der Waals surface area contributed by atoms with Crippen molar-refractivity contribution in [2.45, 2.75) is 72.6 Å². The third-order valence-electron chi connectivity index (χ3n) is 5.33. The molecule has 2 aromatic carbocycles. The number of rotatable bonds is 7. The van der Waals surface area contributed by atoms with Crippen molar-refractivity contribution in [1.29, 1.82) is 0 Å². The minimum absolute atomic E-state index is 0.120. The number of aryl methyl sites for hydroxylation is 3. The van der Waals surface area contributed by atoms with Crippen LogP contribution in [0.25, 0.3) is 5.57 Å². The molecule has 0 unspecified atom stereocenters. The van der Waals surface area contributed by atoms with E-state index in [1.807, 2.05) is 32.0 Å². The molecule has 2 N–H and O–H groups in total. The second-order valence-corrected chi connectivity index (χ2v) is 9.09. The van der Waals surface area contributed by atoms with Crippen LogP contribution in [0.3, 0.4) is 0 Å². The van der Waals surface area contributed by atoms with Crippen LogP contribution in [0.5, 0.6) is 5.75 Å². The number of carboxylic acids is 1. The Kier molecular flexibility index (Phi) is 6.94. The molecule has 0 fully saturated rings. The summed E-state index contributed by atoms with van der Waals surface area (Å²) >= 11 is 0. The van der Waals surface area contributed by atoms with Gasteiger partial charge in [0.15, 0.2) is 0 Å². The fraction of sp³-hybridized carbons (Fsp3) is 0.423. The fourth-order valence-corrected chi connectivity index (χ4v) is 3.91. The van der Waals surface area contributed by atoms with Gasteiger partial charge in [-0.2, -0.15) is 0 Å². The first kappa shape index (κ1) is 22.7. The van der Waals surface area contributed by atoms with Crippen molar-refractivity contribution in [2.75, 3.05) is 0 Å². The van der Waals surface area contributed by atoms with Crippen LogP contribution in [0, 0.1) is 13.8 Å². The number of aliphatic carboxylic acids is 1. The van der Waals surface area contributed by atoms with Gasteiger partial charge in [-0.05, 0) is 59.9 Å². The number of carbonyl (C=O) groups is 1. The molecular formula is C26H34O3. The largest absolute Gasteiger partial charge is 0.507 e. The van der Waals surface area contributed by atoms with Gasteiger partial charge in [-0.3, -0.25) is 0 Å². The van der Waals surface area contributed by atoms with Gasteiger partial charge in [-0.25, -0.2) is 4.79 Å². The van der Waals surface area contributed by atoms with Crippen molar-refractivity contribution in [1.82, 2.24) is 0 Å². The van der Waals surface area contributed by atoms with E-state index in [1.165, 1.54) is 0 Å². The summed E-state index contributed by atoms with van der Waals surface area (Å²) in [5, 5.41) is 20.6. The van der Waals surface area contributed by atoms with Crippen LogP contribution < -0.4 is 0 Å². The molecule has 2 rings (SSSR count). The maximum atomic E-state index is 11.8. The first-order valence-corrected chi connectivity index (χ1v) is 10.3. The first-order chi connectivity index (χ1) is 13.5. The van der Waals surface area contributed by atoms with Crippen LogP contribution in [-0.4, -0.2) is 16.2 Å². The lowest BCUT2D eigenvalue weighted by Crippen LogP contribution is -2.13. The van der Waals surface area contributed by atoms with Crippen LogP contribution in [0.1, 0.15) is 79.5 Å². The van der Waals surface area contributed by atoms with E-state index in [-0.39, 0.29) is 11.0 Å². The van der Waals surface area contributed by atoms with E-state index in [0.29, 0.717) is 12.2 Å². The zero-order valence-electron chi connectivity index (χ0n) is 18.6. The predicted octanol–water partition coefficient (Wildman–Crippen LogP) is 6.34. The Morgan fingerprint density at radius 2 is 1.55 bits per heavy atom. The fourth-order valence-electron chi connectivity index (χ4n) is 3.91. The lowest BCUT2D eigenvalue weighted by atomic mass is 9.82. The van der Waals surface area contributed by atoms with E-state index >= 15 is 0 Å². The lowest BCUT2D eigenvalue weighted by Gasteiger charge is -2.24. The molecule has 0 radical (unpaired) electrons. The molecule has 29 heavy (non-hydrogen) atoms. The summed E-state index contributed by atoms with van der Waals surface area (Å²) in [6.07, 6.45) is 3.32. The molecule has 0 aromatic heterocycles. The third-order valence-corrected chi connectivity index (χ3v) is 5.33. The molecule has 3 nitrogen and oxygen atoms in total. The Morgan fingerprint density at radius 1 is 1.00 bits per heavy atom. The quantitative estimate of drug-likeness (QED) is 0.539. The summed E-state index contributed by atoms with van der Waals surface area (Å²) in [5.74, 6) is -0.705. The second-order valence-electron chi connectivity index (χ2n) is 9.09. The molecule has 0 spiro atoms. The number of hydrogen-bond acceptors (Lipinski definition) is 2. The van der Waals surface area contributed by atoms with Crippen molar-refractivity contribution < 1.29 is 15.0 Å². The van der Waals surface area contributed by atoms with Crippen LogP contribution in [0.4, 0.5) is 0 Å². The summed E-state index contributed by atoms with van der Waals surface area (Å²) in [7, 11) is 0. The third kappa shape index (κ3) is 5.29. The average molecular weight is 395 g/mol. The van der Waals surface area contributed by atoms with E-state index in [0.717, 1.165) is 58.2 Å². The molecule has 3 heteroatoms. The zero-order valence-corrected chi connectivity index (χ0v) is 18.6. The highest BCUT2D eigenvalue weighted by molar-refractivity contribution is 6.15. The molecule has 0 aliphatic heterocycles.